The van der Waals surface area contributed by atoms with Gasteiger partial charge in [-0.25, -0.2) is 3.63 Å². The van der Waals surface area contributed by atoms with Crippen LogP contribution in [0.5, 0.6) is 0 Å². The molecule has 0 aliphatic carbocycles. The summed E-state index contributed by atoms with van der Waals surface area (Å²) in [7, 11) is 0. The summed E-state index contributed by atoms with van der Waals surface area (Å²) in [5.74, 6) is 1.69. The number of hydrogen-bond donors (Lipinski definition) is 2. The second kappa shape index (κ2) is 12.5. The van der Waals surface area contributed by atoms with Crippen molar-refractivity contribution in [2.24, 2.45) is 11.5 Å². The Labute approximate surface area is 76.4 Å². The van der Waals surface area contributed by atoms with Crippen molar-refractivity contribution >= 4 is 36.5 Å². The van der Waals surface area contributed by atoms with Gasteiger partial charge in [-0.1, -0.05) is 0 Å². The Morgan fingerprint density at radius 3 is 1.70 bits per heavy atom. The molecule has 10 heavy (non-hydrogen) atoms. The smallest absolute Gasteiger partial charge is 0.0333 e. The van der Waals surface area contributed by atoms with Crippen LogP contribution in [0.4, 0.5) is 0 Å². The third-order valence-corrected chi connectivity index (χ3v) is 2.07. The average Bonchev–Trinajstić information content (AvgIpc) is 1.89. The predicted octanol–water partition coefficient (Wildman–Crippen LogP) is 0.639. The van der Waals surface area contributed by atoms with Crippen molar-refractivity contribution < 1.29 is 3.63 Å². The molecule has 0 aliphatic heterocycles. The minimum absolute atomic E-state index is 0. The maximum atomic E-state index is 5.21. The van der Waals surface area contributed by atoms with Crippen LogP contribution >= 0.6 is 36.5 Å². The Morgan fingerprint density at radius 1 is 1.00 bits per heavy atom. The summed E-state index contributed by atoms with van der Waals surface area (Å²) in [4.78, 5) is 0. The predicted molar refractivity (Wildman–Crippen MR) is 51.4 cm³/mol. The van der Waals surface area contributed by atoms with E-state index in [1.54, 1.807) is 0 Å². The lowest BCUT2D eigenvalue weighted by molar-refractivity contribution is 0.754. The zero-order chi connectivity index (χ0) is 6.95. The van der Waals surface area contributed by atoms with Crippen molar-refractivity contribution in [3.05, 3.63) is 0 Å². The van der Waals surface area contributed by atoms with E-state index < -0.39 is 0 Å². The fraction of sp³-hybridized carbons (Fsp3) is 1.00. The molecule has 0 aromatic carbocycles. The molecule has 0 amide bonds. The number of hydrogen-bond acceptors (Lipinski definition) is 5. The van der Waals surface area contributed by atoms with Crippen molar-refractivity contribution in [1.82, 2.24) is 0 Å². The van der Waals surface area contributed by atoms with Crippen molar-refractivity contribution in [2.45, 2.75) is 0 Å². The van der Waals surface area contributed by atoms with Gasteiger partial charge in [0.2, 0.25) is 0 Å². The molecular weight excluding hydrogens is 192 g/mol. The monoisotopic (exact) mass is 204 g/mol. The van der Waals surface area contributed by atoms with E-state index in [2.05, 4.69) is 0 Å². The highest BCUT2D eigenvalue weighted by Crippen LogP contribution is 2.12. The number of nitrogens with two attached hydrogens (primary N) is 2. The summed E-state index contributed by atoms with van der Waals surface area (Å²) in [6, 6.07) is 0. The van der Waals surface area contributed by atoms with E-state index in [0.717, 1.165) is 11.5 Å². The summed E-state index contributed by atoms with van der Waals surface area (Å²) in [6.07, 6.45) is 0. The fourth-order valence-corrected chi connectivity index (χ4v) is 1.21. The van der Waals surface area contributed by atoms with E-state index in [0.29, 0.717) is 13.1 Å². The van der Waals surface area contributed by atoms with E-state index in [1.807, 2.05) is 0 Å². The highest BCUT2D eigenvalue weighted by atomic mass is 35.5. The molecule has 0 saturated carbocycles. The quantitative estimate of drug-likeness (QED) is 0.491. The summed E-state index contributed by atoms with van der Waals surface area (Å²) < 4.78 is 4.99. The molecule has 0 atom stereocenters. The number of rotatable bonds is 6. The maximum absolute atomic E-state index is 5.21. The highest BCUT2D eigenvalue weighted by molar-refractivity contribution is 8.07. The lowest BCUT2D eigenvalue weighted by Gasteiger charge is -1.96. The zero-order valence-electron chi connectivity index (χ0n) is 5.62. The second-order valence-corrected chi connectivity index (χ2v) is 3.12. The third kappa shape index (κ3) is 11.6. The van der Waals surface area contributed by atoms with Crippen molar-refractivity contribution in [3.63, 3.8) is 0 Å². The Hall–Kier alpha value is 0.870. The molecule has 0 aromatic rings. The van der Waals surface area contributed by atoms with Gasteiger partial charge in [-0.3, -0.25) is 0 Å². The van der Waals surface area contributed by atoms with Gasteiger partial charge in [0, 0.05) is 48.7 Å². The zero-order valence-corrected chi connectivity index (χ0v) is 8.07. The summed E-state index contributed by atoms with van der Waals surface area (Å²) >= 11 is 2.75. The largest absolute Gasteiger partial charge is 0.330 e. The fourth-order valence-electron chi connectivity index (χ4n) is 0.198. The SMILES string of the molecule is Cl.NCCSOSCCN. The lowest BCUT2D eigenvalue weighted by Crippen LogP contribution is -2.02. The Bertz CT molecular complexity index is 54.5. The topological polar surface area (TPSA) is 61.3 Å². The first kappa shape index (κ1) is 13.5. The molecule has 3 nitrogen and oxygen atoms in total. The van der Waals surface area contributed by atoms with Gasteiger partial charge in [-0.15, -0.1) is 12.4 Å². The van der Waals surface area contributed by atoms with Crippen LogP contribution in [-0.4, -0.2) is 24.6 Å². The molecule has 6 heteroatoms. The molecule has 0 unspecified atom stereocenters. The molecule has 0 spiro atoms. The standard InChI is InChI=1S/C4H12N2OS2.ClH/c5-1-3-8-7-9-4-2-6;/h1-6H2;1H. The van der Waals surface area contributed by atoms with E-state index in [4.69, 9.17) is 15.1 Å². The van der Waals surface area contributed by atoms with Gasteiger partial charge in [-0.05, 0) is 0 Å². The van der Waals surface area contributed by atoms with Gasteiger partial charge in [0.1, 0.15) is 0 Å². The van der Waals surface area contributed by atoms with Crippen LogP contribution in [0.1, 0.15) is 0 Å². The molecule has 0 aromatic heterocycles. The summed E-state index contributed by atoms with van der Waals surface area (Å²) in [5.41, 5.74) is 10.4. The molecule has 0 saturated heterocycles. The molecule has 0 rings (SSSR count). The van der Waals surface area contributed by atoms with E-state index in [9.17, 15) is 0 Å². The van der Waals surface area contributed by atoms with E-state index in [1.165, 1.54) is 24.1 Å². The van der Waals surface area contributed by atoms with Crippen molar-refractivity contribution in [1.29, 1.82) is 0 Å². The molecule has 0 bridgehead atoms. The van der Waals surface area contributed by atoms with Crippen LogP contribution < -0.4 is 11.5 Å². The van der Waals surface area contributed by atoms with Crippen LogP contribution in [-0.2, 0) is 3.63 Å². The molecule has 0 radical (unpaired) electrons. The van der Waals surface area contributed by atoms with Gasteiger partial charge in [-0.2, -0.15) is 0 Å². The molecule has 0 heterocycles. The average molecular weight is 205 g/mol. The minimum Gasteiger partial charge on any atom is -0.330 e. The third-order valence-electron chi connectivity index (χ3n) is 0.499. The van der Waals surface area contributed by atoms with Gasteiger partial charge >= 0.3 is 0 Å². The van der Waals surface area contributed by atoms with Crippen molar-refractivity contribution in [3.8, 4) is 0 Å². The van der Waals surface area contributed by atoms with E-state index >= 15 is 0 Å². The summed E-state index contributed by atoms with van der Waals surface area (Å²) in [6.45, 7) is 1.32. The lowest BCUT2D eigenvalue weighted by atomic mass is 10.8. The first-order valence-corrected chi connectivity index (χ1v) is 4.55. The highest BCUT2D eigenvalue weighted by Gasteiger charge is 1.86. The number of halogens is 1. The van der Waals surface area contributed by atoms with E-state index in [-0.39, 0.29) is 12.4 Å². The molecule has 0 fully saturated rings. The molecule has 0 aliphatic rings. The summed E-state index contributed by atoms with van der Waals surface area (Å²) in [5, 5.41) is 0. The van der Waals surface area contributed by atoms with Crippen LogP contribution in [0.15, 0.2) is 0 Å². The molecular formula is C4H13ClN2OS2. The first-order chi connectivity index (χ1) is 4.41. The van der Waals surface area contributed by atoms with Gasteiger partial charge in [0.25, 0.3) is 0 Å². The molecule has 64 valence electrons. The van der Waals surface area contributed by atoms with Crippen LogP contribution in [0.25, 0.3) is 0 Å². The van der Waals surface area contributed by atoms with Gasteiger partial charge in [0.05, 0.1) is 0 Å². The Balaban J connectivity index is 0. The Kier molecular flexibility index (Phi) is 16.9. The first-order valence-electron chi connectivity index (χ1n) is 2.73. The van der Waals surface area contributed by atoms with Crippen molar-refractivity contribution in [2.75, 3.05) is 24.6 Å². The minimum atomic E-state index is 0. The Morgan fingerprint density at radius 2 is 1.40 bits per heavy atom. The second-order valence-electron chi connectivity index (χ2n) is 1.29. The maximum Gasteiger partial charge on any atom is 0.0333 e. The van der Waals surface area contributed by atoms with Crippen LogP contribution in [0, 0.1) is 0 Å². The van der Waals surface area contributed by atoms with Crippen LogP contribution in [0.2, 0.25) is 0 Å². The van der Waals surface area contributed by atoms with Crippen LogP contribution in [0.3, 0.4) is 0 Å². The normalized spacial score (nSPS) is 9.00. The van der Waals surface area contributed by atoms with Gasteiger partial charge in [0.15, 0.2) is 0 Å². The molecule has 4 N–H and O–H groups in total. The van der Waals surface area contributed by atoms with Gasteiger partial charge < -0.3 is 11.5 Å².